The molecule has 2 heterocycles. The standard InChI is InChI=1S/C16H21NO3/c18-14(5-3-12-2-1-7-17-11-12)13-4-6-15-16(10-13)20-9-8-19-15/h4,6,10,12,17H,1-3,5,7-9,11H2. The van der Waals surface area contributed by atoms with E-state index in [1.165, 1.54) is 12.8 Å². The number of fused-ring (bicyclic) bond motifs is 1. The maximum absolute atomic E-state index is 12.3. The third kappa shape index (κ3) is 3.12. The molecule has 1 aromatic carbocycles. The quantitative estimate of drug-likeness (QED) is 0.857. The highest BCUT2D eigenvalue weighted by molar-refractivity contribution is 5.96. The van der Waals surface area contributed by atoms with Gasteiger partial charge in [-0.2, -0.15) is 0 Å². The molecular formula is C16H21NO3. The van der Waals surface area contributed by atoms with E-state index in [4.69, 9.17) is 9.47 Å². The average molecular weight is 275 g/mol. The molecule has 1 unspecified atom stereocenters. The number of ether oxygens (including phenoxy) is 2. The molecule has 2 aliphatic rings. The fraction of sp³-hybridized carbons (Fsp3) is 0.562. The van der Waals surface area contributed by atoms with E-state index in [-0.39, 0.29) is 5.78 Å². The molecule has 0 aromatic heterocycles. The van der Waals surface area contributed by atoms with Crippen molar-refractivity contribution in [3.8, 4) is 11.5 Å². The molecule has 20 heavy (non-hydrogen) atoms. The van der Waals surface area contributed by atoms with E-state index in [2.05, 4.69) is 5.32 Å². The minimum atomic E-state index is 0.201. The SMILES string of the molecule is O=C(CCC1CCCNC1)c1ccc2c(c1)OCCO2. The Morgan fingerprint density at radius 3 is 2.90 bits per heavy atom. The van der Waals surface area contributed by atoms with Crippen molar-refractivity contribution in [2.24, 2.45) is 5.92 Å². The van der Waals surface area contributed by atoms with E-state index >= 15 is 0 Å². The monoisotopic (exact) mass is 275 g/mol. The predicted molar refractivity (Wildman–Crippen MR) is 76.6 cm³/mol. The third-order valence-electron chi connectivity index (χ3n) is 4.04. The molecule has 0 radical (unpaired) electrons. The van der Waals surface area contributed by atoms with Crippen LogP contribution in [0.2, 0.25) is 0 Å². The Labute approximate surface area is 119 Å². The maximum atomic E-state index is 12.3. The molecule has 1 atom stereocenters. The Bertz CT molecular complexity index is 481. The van der Waals surface area contributed by atoms with Gasteiger partial charge in [0.1, 0.15) is 13.2 Å². The number of nitrogens with one attached hydrogen (secondary N) is 1. The lowest BCUT2D eigenvalue weighted by Gasteiger charge is -2.22. The number of hydrogen-bond acceptors (Lipinski definition) is 4. The van der Waals surface area contributed by atoms with Crippen LogP contribution < -0.4 is 14.8 Å². The van der Waals surface area contributed by atoms with Gasteiger partial charge in [-0.3, -0.25) is 4.79 Å². The van der Waals surface area contributed by atoms with Gasteiger partial charge < -0.3 is 14.8 Å². The van der Waals surface area contributed by atoms with Crippen LogP contribution in [-0.2, 0) is 0 Å². The van der Waals surface area contributed by atoms with Crippen LogP contribution in [-0.4, -0.2) is 32.1 Å². The van der Waals surface area contributed by atoms with Gasteiger partial charge in [0.25, 0.3) is 0 Å². The molecule has 4 nitrogen and oxygen atoms in total. The molecule has 3 rings (SSSR count). The summed E-state index contributed by atoms with van der Waals surface area (Å²) in [7, 11) is 0. The summed E-state index contributed by atoms with van der Waals surface area (Å²) in [5, 5.41) is 3.39. The highest BCUT2D eigenvalue weighted by Crippen LogP contribution is 2.31. The second kappa shape index (κ2) is 6.27. The van der Waals surface area contributed by atoms with E-state index in [9.17, 15) is 4.79 Å². The summed E-state index contributed by atoms with van der Waals surface area (Å²) in [5.41, 5.74) is 0.734. The summed E-state index contributed by atoms with van der Waals surface area (Å²) in [4.78, 5) is 12.3. The predicted octanol–water partition coefficient (Wildman–Crippen LogP) is 2.42. The normalized spacial score (nSPS) is 21.5. The first kappa shape index (κ1) is 13.4. The van der Waals surface area contributed by atoms with Crippen LogP contribution >= 0.6 is 0 Å². The molecule has 108 valence electrons. The molecule has 2 aliphatic heterocycles. The van der Waals surface area contributed by atoms with E-state index in [1.54, 1.807) is 0 Å². The Morgan fingerprint density at radius 1 is 1.25 bits per heavy atom. The summed E-state index contributed by atoms with van der Waals surface area (Å²) < 4.78 is 11.0. The summed E-state index contributed by atoms with van der Waals surface area (Å²) in [6, 6.07) is 5.49. The number of benzene rings is 1. The Kier molecular flexibility index (Phi) is 4.21. The zero-order chi connectivity index (χ0) is 13.8. The molecule has 1 N–H and O–H groups in total. The van der Waals surface area contributed by atoms with Gasteiger partial charge in [0.05, 0.1) is 0 Å². The second-order valence-electron chi connectivity index (χ2n) is 5.53. The molecule has 0 amide bonds. The largest absolute Gasteiger partial charge is 0.486 e. The van der Waals surface area contributed by atoms with E-state index in [0.717, 1.165) is 30.8 Å². The molecule has 1 saturated heterocycles. The third-order valence-corrected chi connectivity index (χ3v) is 4.04. The molecule has 4 heteroatoms. The number of hydrogen-bond donors (Lipinski definition) is 1. The van der Waals surface area contributed by atoms with Crippen LogP contribution in [0.25, 0.3) is 0 Å². The summed E-state index contributed by atoms with van der Waals surface area (Å²) in [6.07, 6.45) is 4.05. The summed E-state index contributed by atoms with van der Waals surface area (Å²) in [5.74, 6) is 2.28. The van der Waals surface area contributed by atoms with Gasteiger partial charge in [-0.25, -0.2) is 0 Å². The van der Waals surface area contributed by atoms with Gasteiger partial charge >= 0.3 is 0 Å². The van der Waals surface area contributed by atoms with Crippen molar-refractivity contribution in [1.82, 2.24) is 5.32 Å². The highest BCUT2D eigenvalue weighted by atomic mass is 16.6. The van der Waals surface area contributed by atoms with E-state index in [1.807, 2.05) is 18.2 Å². The smallest absolute Gasteiger partial charge is 0.163 e. The first-order chi connectivity index (χ1) is 9.83. The zero-order valence-corrected chi connectivity index (χ0v) is 11.7. The van der Waals surface area contributed by atoms with E-state index in [0.29, 0.717) is 31.3 Å². The van der Waals surface area contributed by atoms with Crippen molar-refractivity contribution in [2.75, 3.05) is 26.3 Å². The summed E-state index contributed by atoms with van der Waals surface area (Å²) in [6.45, 7) is 3.30. The molecular weight excluding hydrogens is 254 g/mol. The van der Waals surface area contributed by atoms with Crippen molar-refractivity contribution in [3.63, 3.8) is 0 Å². The van der Waals surface area contributed by atoms with Gasteiger partial charge in [0.2, 0.25) is 0 Å². The van der Waals surface area contributed by atoms with Crippen molar-refractivity contribution < 1.29 is 14.3 Å². The molecule has 0 saturated carbocycles. The number of carbonyl (C=O) groups is 1. The van der Waals surface area contributed by atoms with Gasteiger partial charge in [0, 0.05) is 12.0 Å². The number of piperidine rings is 1. The Balaban J connectivity index is 1.59. The fourth-order valence-corrected chi connectivity index (χ4v) is 2.87. The van der Waals surface area contributed by atoms with Crippen molar-refractivity contribution in [1.29, 1.82) is 0 Å². The van der Waals surface area contributed by atoms with Crippen LogP contribution in [0.3, 0.4) is 0 Å². The average Bonchev–Trinajstić information content (AvgIpc) is 2.53. The van der Waals surface area contributed by atoms with Gasteiger partial charge in [0.15, 0.2) is 17.3 Å². The summed E-state index contributed by atoms with van der Waals surface area (Å²) >= 11 is 0. The van der Waals surface area contributed by atoms with Crippen LogP contribution in [0, 0.1) is 5.92 Å². The van der Waals surface area contributed by atoms with Crippen LogP contribution in [0.5, 0.6) is 11.5 Å². The minimum absolute atomic E-state index is 0.201. The highest BCUT2D eigenvalue weighted by Gasteiger charge is 2.17. The first-order valence-electron chi connectivity index (χ1n) is 7.46. The van der Waals surface area contributed by atoms with Crippen LogP contribution in [0.1, 0.15) is 36.0 Å². The molecule has 0 aliphatic carbocycles. The first-order valence-corrected chi connectivity index (χ1v) is 7.46. The lowest BCUT2D eigenvalue weighted by Crippen LogP contribution is -2.30. The number of carbonyl (C=O) groups excluding carboxylic acids is 1. The fourth-order valence-electron chi connectivity index (χ4n) is 2.87. The molecule has 1 aromatic rings. The minimum Gasteiger partial charge on any atom is -0.486 e. The number of ketones is 1. The van der Waals surface area contributed by atoms with Crippen molar-refractivity contribution in [2.45, 2.75) is 25.7 Å². The molecule has 0 spiro atoms. The molecule has 1 fully saturated rings. The van der Waals surface area contributed by atoms with Crippen molar-refractivity contribution >= 4 is 5.78 Å². The zero-order valence-electron chi connectivity index (χ0n) is 11.7. The maximum Gasteiger partial charge on any atom is 0.163 e. The van der Waals surface area contributed by atoms with Crippen LogP contribution in [0.4, 0.5) is 0 Å². The van der Waals surface area contributed by atoms with Gasteiger partial charge in [-0.15, -0.1) is 0 Å². The van der Waals surface area contributed by atoms with Gasteiger partial charge in [-0.05, 0) is 56.5 Å². The van der Waals surface area contributed by atoms with Gasteiger partial charge in [-0.1, -0.05) is 0 Å². The lowest BCUT2D eigenvalue weighted by molar-refractivity contribution is 0.0970. The Hall–Kier alpha value is -1.55. The lowest BCUT2D eigenvalue weighted by atomic mass is 9.92. The number of Topliss-reactive ketones (excluding diaryl/α,β-unsaturated/α-hetero) is 1. The van der Waals surface area contributed by atoms with Crippen LogP contribution in [0.15, 0.2) is 18.2 Å². The van der Waals surface area contributed by atoms with Crippen molar-refractivity contribution in [3.05, 3.63) is 23.8 Å². The second-order valence-corrected chi connectivity index (χ2v) is 5.53. The Morgan fingerprint density at radius 2 is 2.10 bits per heavy atom. The number of rotatable bonds is 4. The topological polar surface area (TPSA) is 47.6 Å². The molecule has 0 bridgehead atoms. The van der Waals surface area contributed by atoms with E-state index < -0.39 is 0 Å².